The Balaban J connectivity index is 2.09. The molecule has 0 aliphatic rings. The monoisotopic (exact) mass is 410 g/mol. The first-order chi connectivity index (χ1) is 13.3. The molecule has 0 spiro atoms. The number of hydrogen-bond acceptors (Lipinski definition) is 2. The normalized spacial score (nSPS) is 11.3. The fourth-order valence-electron chi connectivity index (χ4n) is 3.14. The second-order valence-corrected chi connectivity index (χ2v) is 7.15. The van der Waals surface area contributed by atoms with E-state index < -0.39 is 5.97 Å². The maximum Gasteiger partial charge on any atom is 0.337 e. The van der Waals surface area contributed by atoms with Crippen molar-refractivity contribution in [1.82, 2.24) is 4.57 Å². The quantitative estimate of drug-likeness (QED) is 0.523. The first kappa shape index (κ1) is 19.8. The molecule has 6 heteroatoms. The van der Waals surface area contributed by atoms with Gasteiger partial charge in [-0.1, -0.05) is 35.3 Å². The summed E-state index contributed by atoms with van der Waals surface area (Å²) in [6.45, 7) is 3.87. The van der Waals surface area contributed by atoms with Gasteiger partial charge >= 0.3 is 5.97 Å². The predicted octanol–water partition coefficient (Wildman–Crippen LogP) is 6.16. The Bertz CT molecular complexity index is 1150. The van der Waals surface area contributed by atoms with Gasteiger partial charge in [-0.3, -0.25) is 0 Å². The second-order valence-electron chi connectivity index (χ2n) is 6.31. The van der Waals surface area contributed by atoms with Crippen LogP contribution in [0, 0.1) is 25.2 Å². The van der Waals surface area contributed by atoms with E-state index in [0.717, 1.165) is 28.2 Å². The first-order valence-corrected chi connectivity index (χ1v) is 9.17. The Labute approximate surface area is 172 Å². The minimum Gasteiger partial charge on any atom is -0.478 e. The molecule has 0 saturated heterocycles. The summed E-state index contributed by atoms with van der Waals surface area (Å²) < 4.78 is 1.97. The van der Waals surface area contributed by atoms with E-state index in [1.54, 1.807) is 30.3 Å². The van der Waals surface area contributed by atoms with Gasteiger partial charge in [-0.15, -0.1) is 0 Å². The lowest BCUT2D eigenvalue weighted by molar-refractivity contribution is 0.0697. The van der Waals surface area contributed by atoms with Gasteiger partial charge in [-0.2, -0.15) is 5.26 Å². The summed E-state index contributed by atoms with van der Waals surface area (Å²) in [6.07, 6.45) is 1.82. The highest BCUT2D eigenvalue weighted by atomic mass is 35.5. The van der Waals surface area contributed by atoms with E-state index >= 15 is 0 Å². The van der Waals surface area contributed by atoms with Crippen molar-refractivity contribution < 1.29 is 9.90 Å². The van der Waals surface area contributed by atoms with Crippen LogP contribution in [0.5, 0.6) is 0 Å². The summed E-state index contributed by atoms with van der Waals surface area (Å²) in [5, 5.41) is 19.5. The van der Waals surface area contributed by atoms with Gasteiger partial charge in [0.05, 0.1) is 22.2 Å². The Morgan fingerprint density at radius 3 is 2.50 bits per heavy atom. The molecule has 0 saturated carbocycles. The molecule has 0 unspecified atom stereocenters. The van der Waals surface area contributed by atoms with Crippen molar-refractivity contribution in [2.45, 2.75) is 13.8 Å². The van der Waals surface area contributed by atoms with E-state index in [1.807, 2.05) is 36.6 Å². The van der Waals surface area contributed by atoms with Crippen LogP contribution >= 0.6 is 23.2 Å². The van der Waals surface area contributed by atoms with Crippen LogP contribution in [-0.2, 0) is 0 Å². The van der Waals surface area contributed by atoms with Crippen LogP contribution in [0.3, 0.4) is 0 Å². The molecule has 1 N–H and O–H groups in total. The number of carboxylic acid groups (broad SMARTS) is 1. The minimum atomic E-state index is -1.07. The number of aryl methyl sites for hydroxylation is 1. The molecule has 0 atom stereocenters. The van der Waals surface area contributed by atoms with E-state index in [9.17, 15) is 10.1 Å². The molecule has 0 amide bonds. The molecule has 0 fully saturated rings. The number of benzene rings is 2. The average Bonchev–Trinajstić information content (AvgIpc) is 2.92. The Hall–Kier alpha value is -3.00. The standard InChI is InChI=1S/C22H16Cl2N2O2/c1-13-8-16(9-17(12-25)15-4-3-5-18(23)10-15)14(2)26(13)19-6-7-20(22(27)28)21(24)11-19/h3-11H,1-2H3,(H,27,28)/b17-9-. The molecule has 1 heterocycles. The van der Waals surface area contributed by atoms with Crippen LogP contribution in [-0.4, -0.2) is 15.6 Å². The summed E-state index contributed by atoms with van der Waals surface area (Å²) in [5.74, 6) is -1.07. The van der Waals surface area contributed by atoms with Crippen molar-refractivity contribution >= 4 is 40.8 Å². The number of aromatic carboxylic acids is 1. The number of rotatable bonds is 4. The van der Waals surface area contributed by atoms with Gasteiger partial charge in [0.25, 0.3) is 0 Å². The van der Waals surface area contributed by atoms with Crippen LogP contribution < -0.4 is 0 Å². The van der Waals surface area contributed by atoms with Gasteiger partial charge in [0, 0.05) is 22.1 Å². The molecule has 0 bridgehead atoms. The first-order valence-electron chi connectivity index (χ1n) is 8.41. The minimum absolute atomic E-state index is 0.0562. The van der Waals surface area contributed by atoms with Gasteiger partial charge in [-0.25, -0.2) is 4.79 Å². The van der Waals surface area contributed by atoms with E-state index in [4.69, 9.17) is 28.3 Å². The fourth-order valence-corrected chi connectivity index (χ4v) is 3.59. The van der Waals surface area contributed by atoms with Gasteiger partial charge in [-0.05, 0) is 67.4 Å². The summed E-state index contributed by atoms with van der Waals surface area (Å²) in [7, 11) is 0. The number of nitrogens with zero attached hydrogens (tertiary/aromatic N) is 2. The van der Waals surface area contributed by atoms with Crippen molar-refractivity contribution in [2.75, 3.05) is 0 Å². The van der Waals surface area contributed by atoms with Crippen LogP contribution in [0.1, 0.15) is 32.9 Å². The largest absolute Gasteiger partial charge is 0.478 e. The van der Waals surface area contributed by atoms with Crippen molar-refractivity contribution in [1.29, 1.82) is 5.26 Å². The van der Waals surface area contributed by atoms with E-state index in [2.05, 4.69) is 6.07 Å². The number of nitriles is 1. The zero-order chi connectivity index (χ0) is 20.4. The Morgan fingerprint density at radius 1 is 1.14 bits per heavy atom. The third kappa shape index (κ3) is 3.82. The molecule has 1 aromatic heterocycles. The highest BCUT2D eigenvalue weighted by Crippen LogP contribution is 2.28. The summed E-state index contributed by atoms with van der Waals surface area (Å²) in [4.78, 5) is 11.2. The molecule has 4 nitrogen and oxygen atoms in total. The lowest BCUT2D eigenvalue weighted by atomic mass is 10.0. The second kappa shape index (κ2) is 7.93. The van der Waals surface area contributed by atoms with Crippen molar-refractivity contribution in [3.63, 3.8) is 0 Å². The van der Waals surface area contributed by atoms with Gasteiger partial charge in [0.1, 0.15) is 0 Å². The third-order valence-corrected chi connectivity index (χ3v) is 5.02. The molecular weight excluding hydrogens is 395 g/mol. The molecule has 2 aromatic carbocycles. The number of carboxylic acids is 1. The number of halogens is 2. The highest BCUT2D eigenvalue weighted by Gasteiger charge is 2.14. The maximum absolute atomic E-state index is 11.2. The number of carbonyl (C=O) groups is 1. The third-order valence-electron chi connectivity index (χ3n) is 4.47. The number of hydrogen-bond donors (Lipinski definition) is 1. The SMILES string of the molecule is Cc1cc(/C=C(/C#N)c2cccc(Cl)c2)c(C)n1-c1ccc(C(=O)O)c(Cl)c1. The molecule has 3 rings (SSSR count). The van der Waals surface area contributed by atoms with Crippen molar-refractivity contribution in [3.05, 3.63) is 86.7 Å². The van der Waals surface area contributed by atoms with Crippen LogP contribution in [0.2, 0.25) is 10.0 Å². The van der Waals surface area contributed by atoms with E-state index in [0.29, 0.717) is 10.6 Å². The molecule has 0 aliphatic carbocycles. The molecule has 0 radical (unpaired) electrons. The van der Waals surface area contributed by atoms with E-state index in [-0.39, 0.29) is 10.6 Å². The zero-order valence-electron chi connectivity index (χ0n) is 15.2. The maximum atomic E-state index is 11.2. The topological polar surface area (TPSA) is 66.0 Å². The molecule has 0 aliphatic heterocycles. The summed E-state index contributed by atoms with van der Waals surface area (Å²) in [5.41, 5.74) is 4.78. The highest BCUT2D eigenvalue weighted by molar-refractivity contribution is 6.33. The molecule has 3 aromatic rings. The molecule has 28 heavy (non-hydrogen) atoms. The van der Waals surface area contributed by atoms with Gasteiger partial charge in [0.15, 0.2) is 0 Å². The predicted molar refractivity (Wildman–Crippen MR) is 112 cm³/mol. The van der Waals surface area contributed by atoms with Crippen LogP contribution in [0.15, 0.2) is 48.5 Å². The van der Waals surface area contributed by atoms with Crippen molar-refractivity contribution in [3.8, 4) is 11.8 Å². The van der Waals surface area contributed by atoms with Crippen LogP contribution in [0.4, 0.5) is 0 Å². The lowest BCUT2D eigenvalue weighted by Crippen LogP contribution is -2.02. The number of allylic oxidation sites excluding steroid dienone is 1. The van der Waals surface area contributed by atoms with Crippen LogP contribution in [0.25, 0.3) is 17.3 Å². The summed E-state index contributed by atoms with van der Waals surface area (Å²) >= 11 is 12.2. The number of aromatic nitrogens is 1. The van der Waals surface area contributed by atoms with Gasteiger partial charge in [0.2, 0.25) is 0 Å². The zero-order valence-corrected chi connectivity index (χ0v) is 16.7. The summed E-state index contributed by atoms with van der Waals surface area (Å²) in [6, 6.07) is 16.2. The molecular formula is C22H16Cl2N2O2. The lowest BCUT2D eigenvalue weighted by Gasteiger charge is -2.11. The Morgan fingerprint density at radius 2 is 1.89 bits per heavy atom. The molecule has 140 valence electrons. The van der Waals surface area contributed by atoms with Gasteiger partial charge < -0.3 is 9.67 Å². The fraction of sp³-hybridized carbons (Fsp3) is 0.0909. The smallest absolute Gasteiger partial charge is 0.337 e. The Kier molecular flexibility index (Phi) is 5.60. The van der Waals surface area contributed by atoms with Crippen molar-refractivity contribution in [2.24, 2.45) is 0 Å². The van der Waals surface area contributed by atoms with E-state index in [1.165, 1.54) is 6.07 Å². The average molecular weight is 411 g/mol.